The van der Waals surface area contributed by atoms with Gasteiger partial charge in [0.25, 0.3) is 0 Å². The normalized spacial score (nSPS) is 10.8. The van der Waals surface area contributed by atoms with Crippen molar-refractivity contribution in [2.24, 2.45) is 0 Å². The Kier molecular flexibility index (Phi) is 8.05. The Morgan fingerprint density at radius 2 is 1.63 bits per heavy atom. The number of carbonyl (C=O) groups is 1. The number of halogens is 2. The van der Waals surface area contributed by atoms with Gasteiger partial charge in [-0.3, -0.25) is 19.7 Å². The molecule has 11 nitrogen and oxygen atoms in total. The molecule has 0 unspecified atom stereocenters. The van der Waals surface area contributed by atoms with Gasteiger partial charge >= 0.3 is 17.3 Å². The molecule has 0 saturated heterocycles. The van der Waals surface area contributed by atoms with Gasteiger partial charge in [0.05, 0.1) is 37.3 Å². The highest BCUT2D eigenvalue weighted by atomic mass is 19.1. The molecule has 0 saturated carbocycles. The third-order valence-electron chi connectivity index (χ3n) is 6.36. The molecule has 0 radical (unpaired) electrons. The maximum absolute atomic E-state index is 15.0. The number of nitrogens with zero attached hydrogens (tertiary/aromatic N) is 3. The van der Waals surface area contributed by atoms with Crippen LogP contribution < -0.4 is 35.5 Å². The van der Waals surface area contributed by atoms with E-state index in [1.54, 1.807) is 25.1 Å². The quantitative estimate of drug-likeness (QED) is 0.260. The summed E-state index contributed by atoms with van der Waals surface area (Å²) in [5, 5.41) is 2.82. The molecule has 0 fully saturated rings. The number of benzene rings is 3. The number of carbonyl (C=O) groups excluding carboxylic acids is 1. The van der Waals surface area contributed by atoms with E-state index >= 15 is 4.39 Å². The molecule has 0 aliphatic heterocycles. The van der Waals surface area contributed by atoms with Crippen molar-refractivity contribution >= 4 is 22.7 Å². The second-order valence-electron chi connectivity index (χ2n) is 8.97. The number of fused-ring (bicyclic) bond motifs is 1. The van der Waals surface area contributed by atoms with Crippen LogP contribution in [0.25, 0.3) is 16.6 Å². The molecule has 2 aromatic heterocycles. The molecule has 13 heteroatoms. The van der Waals surface area contributed by atoms with Gasteiger partial charge in [-0.1, -0.05) is 0 Å². The fourth-order valence-corrected chi connectivity index (χ4v) is 4.25. The third kappa shape index (κ3) is 5.86. The average molecular weight is 591 g/mol. The Balaban J connectivity index is 1.37. The van der Waals surface area contributed by atoms with Crippen LogP contribution in [0.1, 0.15) is 6.92 Å². The van der Waals surface area contributed by atoms with Gasteiger partial charge in [0, 0.05) is 30.3 Å². The number of aromatic nitrogens is 3. The molecule has 1 N–H and O–H groups in total. The van der Waals surface area contributed by atoms with E-state index in [1.165, 1.54) is 44.7 Å². The molecule has 0 bridgehead atoms. The van der Waals surface area contributed by atoms with Crippen LogP contribution in [0.2, 0.25) is 0 Å². The predicted molar refractivity (Wildman–Crippen MR) is 153 cm³/mol. The van der Waals surface area contributed by atoms with Gasteiger partial charge in [0.15, 0.2) is 17.3 Å². The largest absolute Gasteiger partial charge is 0.493 e. The van der Waals surface area contributed by atoms with E-state index in [9.17, 15) is 18.8 Å². The van der Waals surface area contributed by atoms with E-state index in [-0.39, 0.29) is 23.7 Å². The SMILES string of the molecule is CCn1cc(OC(=O)Nc2ccc(Oc3ccnc4cc(OC)c(OC)cc34)cc2F)c(=O)n(-c2ccc(F)cc2)c1=O. The first kappa shape index (κ1) is 28.8. The molecule has 0 aliphatic rings. The maximum Gasteiger partial charge on any atom is 0.417 e. The van der Waals surface area contributed by atoms with Crippen LogP contribution >= 0.6 is 0 Å². The summed E-state index contributed by atoms with van der Waals surface area (Å²) in [6.07, 6.45) is 1.41. The lowest BCUT2D eigenvalue weighted by molar-refractivity contribution is 0.213. The molecule has 1 amide bonds. The molecule has 0 spiro atoms. The van der Waals surface area contributed by atoms with Crippen molar-refractivity contribution in [3.63, 3.8) is 0 Å². The number of ether oxygens (including phenoxy) is 4. The van der Waals surface area contributed by atoms with E-state index in [4.69, 9.17) is 18.9 Å². The fourth-order valence-electron chi connectivity index (χ4n) is 4.25. The predicted octanol–water partition coefficient (Wildman–Crippen LogP) is 5.27. The summed E-state index contributed by atoms with van der Waals surface area (Å²) < 4.78 is 52.0. The Morgan fingerprint density at radius 1 is 0.907 bits per heavy atom. The summed E-state index contributed by atoms with van der Waals surface area (Å²) in [4.78, 5) is 42.8. The first-order valence-corrected chi connectivity index (χ1v) is 12.8. The molecule has 0 aliphatic carbocycles. The van der Waals surface area contributed by atoms with Crippen LogP contribution in [-0.2, 0) is 6.54 Å². The summed E-state index contributed by atoms with van der Waals surface area (Å²) in [6.45, 7) is 1.79. The Labute approximate surface area is 242 Å². The number of pyridine rings is 1. The van der Waals surface area contributed by atoms with E-state index < -0.39 is 34.7 Å². The van der Waals surface area contributed by atoms with Crippen molar-refractivity contribution in [3.05, 3.63) is 106 Å². The lowest BCUT2D eigenvalue weighted by Gasteiger charge is -2.14. The molecule has 2 heterocycles. The fraction of sp³-hybridized carbons (Fsp3) is 0.133. The van der Waals surface area contributed by atoms with Crippen LogP contribution in [0.15, 0.2) is 82.6 Å². The molecule has 220 valence electrons. The van der Waals surface area contributed by atoms with Crippen molar-refractivity contribution in [2.45, 2.75) is 13.5 Å². The van der Waals surface area contributed by atoms with Crippen LogP contribution in [0.4, 0.5) is 19.3 Å². The molecule has 5 rings (SSSR count). The summed E-state index contributed by atoms with van der Waals surface area (Å²) in [6, 6.07) is 13.3. The monoisotopic (exact) mass is 590 g/mol. The topological polar surface area (TPSA) is 123 Å². The highest BCUT2D eigenvalue weighted by Crippen LogP contribution is 2.37. The number of rotatable bonds is 8. The first-order chi connectivity index (χ1) is 20.7. The Hall–Kier alpha value is -5.72. The van der Waals surface area contributed by atoms with Crippen molar-refractivity contribution in [3.8, 4) is 34.4 Å². The zero-order chi connectivity index (χ0) is 30.7. The number of methoxy groups -OCH3 is 2. The summed E-state index contributed by atoms with van der Waals surface area (Å²) in [7, 11) is 3.00. The van der Waals surface area contributed by atoms with Crippen molar-refractivity contribution < 1.29 is 32.5 Å². The zero-order valence-electron chi connectivity index (χ0n) is 23.1. The molecule has 0 atom stereocenters. The van der Waals surface area contributed by atoms with Crippen molar-refractivity contribution in [1.82, 2.24) is 14.1 Å². The zero-order valence-corrected chi connectivity index (χ0v) is 23.1. The molecular formula is C30H24F2N4O7. The molecule has 43 heavy (non-hydrogen) atoms. The van der Waals surface area contributed by atoms with Gasteiger partial charge in [-0.05, 0) is 55.5 Å². The van der Waals surface area contributed by atoms with Crippen molar-refractivity contribution in [1.29, 1.82) is 0 Å². The van der Waals surface area contributed by atoms with E-state index in [0.29, 0.717) is 28.2 Å². The minimum atomic E-state index is -1.18. The summed E-state index contributed by atoms with van der Waals surface area (Å²) >= 11 is 0. The van der Waals surface area contributed by atoms with Gasteiger partial charge in [-0.15, -0.1) is 0 Å². The number of nitrogens with one attached hydrogen (secondary N) is 1. The second-order valence-corrected chi connectivity index (χ2v) is 8.97. The molecule has 5 aromatic rings. The first-order valence-electron chi connectivity index (χ1n) is 12.8. The summed E-state index contributed by atoms with van der Waals surface area (Å²) in [5.41, 5.74) is -1.30. The molecular weight excluding hydrogens is 566 g/mol. The van der Waals surface area contributed by atoms with Crippen LogP contribution in [0, 0.1) is 11.6 Å². The standard InChI is InChI=1S/C30H24F2N4O7/c1-4-35-16-27(28(37)36(30(35)39)18-7-5-17(31)6-8-18)43-29(38)34-22-10-9-19(13-21(22)32)42-24-11-12-33-23-15-26(41-3)25(40-2)14-20(23)24/h5-16H,4H2,1-3H3,(H,34,38). The lowest BCUT2D eigenvalue weighted by atomic mass is 10.2. The van der Waals surface area contributed by atoms with Crippen molar-refractivity contribution in [2.75, 3.05) is 19.5 Å². The van der Waals surface area contributed by atoms with Crippen LogP contribution in [0.3, 0.4) is 0 Å². The number of hydrogen-bond acceptors (Lipinski definition) is 8. The maximum atomic E-state index is 15.0. The number of amides is 1. The molecule has 3 aromatic carbocycles. The number of anilines is 1. The van der Waals surface area contributed by atoms with Gasteiger partial charge in [-0.2, -0.15) is 0 Å². The smallest absolute Gasteiger partial charge is 0.417 e. The van der Waals surface area contributed by atoms with E-state index in [0.717, 1.165) is 33.5 Å². The van der Waals surface area contributed by atoms with Gasteiger partial charge in [0.1, 0.15) is 17.3 Å². The van der Waals surface area contributed by atoms with Gasteiger partial charge in [-0.25, -0.2) is 22.9 Å². The van der Waals surface area contributed by atoms with E-state index in [2.05, 4.69) is 10.3 Å². The van der Waals surface area contributed by atoms with Crippen LogP contribution in [-0.4, -0.2) is 34.4 Å². The second kappa shape index (κ2) is 12.0. The highest BCUT2D eigenvalue weighted by molar-refractivity contribution is 5.89. The van der Waals surface area contributed by atoms with Gasteiger partial charge < -0.3 is 18.9 Å². The Bertz CT molecular complexity index is 1960. The minimum absolute atomic E-state index is 0.0747. The number of aryl methyl sites for hydroxylation is 1. The Morgan fingerprint density at radius 3 is 2.30 bits per heavy atom. The van der Waals surface area contributed by atoms with E-state index in [1.807, 2.05) is 0 Å². The lowest BCUT2D eigenvalue weighted by Crippen LogP contribution is -2.39. The van der Waals surface area contributed by atoms with Gasteiger partial charge in [0.2, 0.25) is 5.75 Å². The average Bonchev–Trinajstić information content (AvgIpc) is 3.00. The summed E-state index contributed by atoms with van der Waals surface area (Å²) in [5.74, 6) is -0.487. The minimum Gasteiger partial charge on any atom is -0.493 e. The highest BCUT2D eigenvalue weighted by Gasteiger charge is 2.18. The van der Waals surface area contributed by atoms with Crippen LogP contribution in [0.5, 0.6) is 28.7 Å². The number of hydrogen-bond donors (Lipinski definition) is 1. The third-order valence-corrected chi connectivity index (χ3v) is 6.36.